The van der Waals surface area contributed by atoms with Crippen molar-refractivity contribution in [2.45, 2.75) is 62.9 Å². The molecule has 6 rings (SSSR count). The molecule has 0 radical (unpaired) electrons. The summed E-state index contributed by atoms with van der Waals surface area (Å²) in [5, 5.41) is 11.2. The second-order valence-electron chi connectivity index (χ2n) is 10.4. The van der Waals surface area contributed by atoms with Crippen molar-refractivity contribution in [1.29, 1.82) is 0 Å². The van der Waals surface area contributed by atoms with E-state index in [0.717, 1.165) is 55.9 Å². The maximum absolute atomic E-state index is 12.4. The van der Waals surface area contributed by atoms with Gasteiger partial charge in [-0.1, -0.05) is 19.3 Å². The van der Waals surface area contributed by atoms with Crippen LogP contribution in [0.3, 0.4) is 0 Å². The van der Waals surface area contributed by atoms with Gasteiger partial charge in [-0.15, -0.1) is 0 Å². The van der Waals surface area contributed by atoms with Crippen molar-refractivity contribution in [2.75, 3.05) is 33.9 Å². The second kappa shape index (κ2) is 10.5. The molecule has 8 nitrogen and oxygen atoms in total. The summed E-state index contributed by atoms with van der Waals surface area (Å²) in [6.45, 7) is 2.86. The molecule has 2 N–H and O–H groups in total. The fourth-order valence-electron chi connectivity index (χ4n) is 6.34. The summed E-state index contributed by atoms with van der Waals surface area (Å²) in [6.07, 6.45) is 8.30. The van der Waals surface area contributed by atoms with Crippen LogP contribution in [-0.4, -0.2) is 66.6 Å². The first-order chi connectivity index (χ1) is 17.1. The van der Waals surface area contributed by atoms with E-state index in [4.69, 9.17) is 14.6 Å². The third kappa shape index (κ3) is 5.13. The van der Waals surface area contributed by atoms with Gasteiger partial charge in [0.1, 0.15) is 0 Å². The number of ether oxygens (including phenoxy) is 2. The number of aromatic nitrogens is 2. The molecule has 1 aromatic heterocycles. The molecule has 0 spiro atoms. The van der Waals surface area contributed by atoms with Crippen LogP contribution in [0.15, 0.2) is 24.3 Å². The van der Waals surface area contributed by atoms with Gasteiger partial charge in [-0.25, -0.2) is 4.79 Å². The van der Waals surface area contributed by atoms with Crippen molar-refractivity contribution >= 4 is 6.03 Å². The molecular formula is C27H39N5O3. The summed E-state index contributed by atoms with van der Waals surface area (Å²) in [7, 11) is 5.35. The molecular weight excluding hydrogens is 442 g/mol. The topological polar surface area (TPSA) is 80.7 Å². The van der Waals surface area contributed by atoms with Crippen molar-refractivity contribution in [3.8, 4) is 22.8 Å². The highest BCUT2D eigenvalue weighted by Crippen LogP contribution is 2.42. The third-order valence-electron chi connectivity index (χ3n) is 8.29. The van der Waals surface area contributed by atoms with Gasteiger partial charge < -0.3 is 20.1 Å². The van der Waals surface area contributed by atoms with Crippen LogP contribution in [0.2, 0.25) is 0 Å². The summed E-state index contributed by atoms with van der Waals surface area (Å²) in [5.41, 5.74) is 3.26. The molecule has 2 bridgehead atoms. The number of aryl methyl sites for hydroxylation is 1. The number of carbonyl (C=O) groups excluding carboxylic acids is 1. The predicted molar refractivity (Wildman–Crippen MR) is 136 cm³/mol. The molecule has 4 aliphatic rings. The monoisotopic (exact) mass is 481 g/mol. The fraction of sp³-hybridized carbons (Fsp3) is 0.630. The number of nitrogens with one attached hydrogen (secondary N) is 2. The number of rotatable bonds is 7. The first-order valence-electron chi connectivity index (χ1n) is 13.1. The molecule has 4 heterocycles. The number of piperidine rings is 3. The smallest absolute Gasteiger partial charge is 0.315 e. The van der Waals surface area contributed by atoms with Gasteiger partial charge in [0.05, 0.1) is 19.9 Å². The molecule has 2 amide bonds. The minimum Gasteiger partial charge on any atom is -0.493 e. The number of benzene rings is 1. The van der Waals surface area contributed by atoms with E-state index in [1.54, 1.807) is 14.2 Å². The number of hydrogen-bond acceptors (Lipinski definition) is 5. The van der Waals surface area contributed by atoms with Gasteiger partial charge in [0.2, 0.25) is 0 Å². The van der Waals surface area contributed by atoms with Crippen LogP contribution < -0.4 is 20.1 Å². The molecule has 8 heteroatoms. The van der Waals surface area contributed by atoms with Crippen molar-refractivity contribution < 1.29 is 14.3 Å². The third-order valence-corrected chi connectivity index (χ3v) is 8.29. The summed E-state index contributed by atoms with van der Waals surface area (Å²) in [4.78, 5) is 15.0. The Hall–Kier alpha value is -2.74. The van der Waals surface area contributed by atoms with Crippen molar-refractivity contribution in [3.05, 3.63) is 30.0 Å². The minimum absolute atomic E-state index is 0.00212. The van der Waals surface area contributed by atoms with Crippen molar-refractivity contribution in [1.82, 2.24) is 25.3 Å². The zero-order chi connectivity index (χ0) is 24.4. The lowest BCUT2D eigenvalue weighted by Crippen LogP contribution is -2.57. The highest BCUT2D eigenvalue weighted by atomic mass is 16.5. The zero-order valence-corrected chi connectivity index (χ0v) is 21.3. The Morgan fingerprint density at radius 3 is 2.60 bits per heavy atom. The predicted octanol–water partition coefficient (Wildman–Crippen LogP) is 3.91. The van der Waals surface area contributed by atoms with Crippen LogP contribution in [0.25, 0.3) is 11.3 Å². The Morgan fingerprint density at radius 1 is 1.09 bits per heavy atom. The molecule has 4 atom stereocenters. The summed E-state index contributed by atoms with van der Waals surface area (Å²) < 4.78 is 12.9. The van der Waals surface area contributed by atoms with Crippen LogP contribution >= 0.6 is 0 Å². The van der Waals surface area contributed by atoms with Gasteiger partial charge in [-0.2, -0.15) is 5.10 Å². The summed E-state index contributed by atoms with van der Waals surface area (Å²) in [5.74, 6) is 2.50. The lowest BCUT2D eigenvalue weighted by Gasteiger charge is -2.50. The number of nitrogens with zero attached hydrogens (tertiary/aromatic N) is 3. The lowest BCUT2D eigenvalue weighted by molar-refractivity contribution is 0.0294. The maximum atomic E-state index is 12.4. The Kier molecular flexibility index (Phi) is 7.18. The quantitative estimate of drug-likeness (QED) is 0.627. The molecule has 190 valence electrons. The number of amides is 2. The van der Waals surface area contributed by atoms with Crippen molar-refractivity contribution in [3.63, 3.8) is 0 Å². The number of urea groups is 1. The summed E-state index contributed by atoms with van der Waals surface area (Å²) >= 11 is 0. The van der Waals surface area contributed by atoms with E-state index in [2.05, 4.69) is 21.6 Å². The largest absolute Gasteiger partial charge is 0.493 e. The fourth-order valence-corrected chi connectivity index (χ4v) is 6.34. The van der Waals surface area contributed by atoms with E-state index in [0.29, 0.717) is 29.7 Å². The first-order valence-corrected chi connectivity index (χ1v) is 13.1. The second-order valence-corrected chi connectivity index (χ2v) is 10.4. The molecule has 1 aromatic carbocycles. The molecule has 4 unspecified atom stereocenters. The van der Waals surface area contributed by atoms with Crippen LogP contribution in [0.5, 0.6) is 11.5 Å². The van der Waals surface area contributed by atoms with Gasteiger partial charge in [0.15, 0.2) is 11.5 Å². The van der Waals surface area contributed by atoms with Gasteiger partial charge in [0.25, 0.3) is 0 Å². The van der Waals surface area contributed by atoms with E-state index >= 15 is 0 Å². The summed E-state index contributed by atoms with van der Waals surface area (Å²) in [6, 6.07) is 8.95. The molecule has 1 saturated carbocycles. The zero-order valence-electron chi connectivity index (χ0n) is 21.3. The van der Waals surface area contributed by atoms with Crippen LogP contribution in [-0.2, 0) is 7.05 Å². The standard InChI is InChI=1S/C27H39N5O3/c1-31-24(15-23(30-31)19-9-10-25(34-2)26(14-19)35-3)22-17-32-12-11-18(22)13-21(32)16-28-27(33)29-20-7-5-4-6-8-20/h9-10,14-15,18,20-22H,4-8,11-13,16-17H2,1-3H3,(H2,28,29,33). The molecule has 4 fully saturated rings. The number of carbonyl (C=O) groups is 1. The Bertz CT molecular complexity index is 1030. The van der Waals surface area contributed by atoms with Crippen LogP contribution in [0.1, 0.15) is 56.6 Å². The Balaban J connectivity index is 1.21. The number of fused-ring (bicyclic) bond motifs is 3. The highest BCUT2D eigenvalue weighted by molar-refractivity contribution is 5.74. The lowest BCUT2D eigenvalue weighted by atomic mass is 9.74. The number of methoxy groups -OCH3 is 2. The normalized spacial score (nSPS) is 26.4. The molecule has 3 aliphatic heterocycles. The highest BCUT2D eigenvalue weighted by Gasteiger charge is 2.42. The van der Waals surface area contributed by atoms with Gasteiger partial charge in [0, 0.05) is 49.4 Å². The number of hydrogen-bond donors (Lipinski definition) is 2. The van der Waals surface area contributed by atoms with Gasteiger partial charge in [-0.3, -0.25) is 9.58 Å². The maximum Gasteiger partial charge on any atom is 0.315 e. The van der Waals surface area contributed by atoms with E-state index in [-0.39, 0.29) is 6.03 Å². The Morgan fingerprint density at radius 2 is 1.89 bits per heavy atom. The average molecular weight is 482 g/mol. The van der Waals surface area contributed by atoms with E-state index in [1.165, 1.54) is 31.4 Å². The first kappa shape index (κ1) is 24.0. The van der Waals surface area contributed by atoms with E-state index < -0.39 is 0 Å². The average Bonchev–Trinajstić information content (AvgIpc) is 3.29. The molecule has 3 saturated heterocycles. The van der Waals surface area contributed by atoms with Crippen LogP contribution in [0, 0.1) is 5.92 Å². The van der Waals surface area contributed by atoms with Gasteiger partial charge in [-0.05, 0) is 62.4 Å². The molecule has 35 heavy (non-hydrogen) atoms. The Labute approximate surface area is 208 Å². The van der Waals surface area contributed by atoms with Crippen molar-refractivity contribution in [2.24, 2.45) is 13.0 Å². The SMILES string of the molecule is COc1ccc(-c2cc(C3CN4CCC3CC4CNC(=O)NC3CCCCC3)n(C)n2)cc1OC. The van der Waals surface area contributed by atoms with Gasteiger partial charge >= 0.3 is 6.03 Å². The van der Waals surface area contributed by atoms with E-state index in [9.17, 15) is 4.79 Å². The molecule has 1 aliphatic carbocycles. The van der Waals surface area contributed by atoms with E-state index in [1.807, 2.05) is 29.9 Å². The van der Waals surface area contributed by atoms with Crippen LogP contribution in [0.4, 0.5) is 4.79 Å². The molecule has 2 aromatic rings. The minimum atomic E-state index is 0.00212.